The van der Waals surface area contributed by atoms with Gasteiger partial charge in [0.2, 0.25) is 5.91 Å². The van der Waals surface area contributed by atoms with Crippen LogP contribution in [-0.4, -0.2) is 49.9 Å². The number of aromatic nitrogens is 1. The first-order valence-corrected chi connectivity index (χ1v) is 8.29. The molecule has 4 rings (SSSR count). The summed E-state index contributed by atoms with van der Waals surface area (Å²) in [6.07, 6.45) is 0. The number of anilines is 1. The molecule has 0 radical (unpaired) electrons. The summed E-state index contributed by atoms with van der Waals surface area (Å²) in [4.78, 5) is 16.8. The Bertz CT molecular complexity index is 785. The number of hydrogen-bond acceptors (Lipinski definition) is 6. The fourth-order valence-electron chi connectivity index (χ4n) is 2.81. The van der Waals surface area contributed by atoms with E-state index >= 15 is 0 Å². The second kappa shape index (κ2) is 9.75. The van der Waals surface area contributed by atoms with Gasteiger partial charge in [0.05, 0.1) is 18.9 Å². The second-order valence-corrected chi connectivity index (χ2v) is 5.84. The van der Waals surface area contributed by atoms with Gasteiger partial charge in [0.1, 0.15) is 25.1 Å². The minimum Gasteiger partial charge on any atom is -0.486 e. The maximum atomic E-state index is 12.3. The third-order valence-electron chi connectivity index (χ3n) is 4.08. The van der Waals surface area contributed by atoms with Gasteiger partial charge in [0.15, 0.2) is 11.5 Å². The number of nitrogens with zero attached hydrogens (tertiary/aromatic N) is 1. The summed E-state index contributed by atoms with van der Waals surface area (Å²) in [5.41, 5.74) is 1.65. The van der Waals surface area contributed by atoms with Gasteiger partial charge in [-0.1, -0.05) is 6.07 Å². The van der Waals surface area contributed by atoms with Crippen LogP contribution in [0.2, 0.25) is 0 Å². The number of morpholine rings is 1. The van der Waals surface area contributed by atoms with Crippen molar-refractivity contribution < 1.29 is 19.0 Å². The molecule has 1 atom stereocenters. The van der Waals surface area contributed by atoms with Crippen LogP contribution in [0.15, 0.2) is 36.4 Å². The molecule has 27 heavy (non-hydrogen) atoms. The Labute approximate surface area is 169 Å². The zero-order valence-corrected chi connectivity index (χ0v) is 16.1. The van der Waals surface area contributed by atoms with Crippen molar-refractivity contribution in [1.82, 2.24) is 10.3 Å². The lowest BCUT2D eigenvalue weighted by atomic mass is 10.1. The molecule has 1 aromatic carbocycles. The number of benzene rings is 1. The van der Waals surface area contributed by atoms with E-state index < -0.39 is 0 Å². The number of halogens is 2. The first-order chi connectivity index (χ1) is 12.3. The minimum absolute atomic E-state index is 0. The van der Waals surface area contributed by atoms with E-state index in [1.807, 2.05) is 30.3 Å². The predicted molar refractivity (Wildman–Crippen MR) is 106 cm³/mol. The Morgan fingerprint density at radius 2 is 1.89 bits per heavy atom. The molecule has 7 nitrogen and oxygen atoms in total. The van der Waals surface area contributed by atoms with E-state index in [0.717, 1.165) is 17.0 Å². The number of carbonyl (C=O) groups is 1. The lowest BCUT2D eigenvalue weighted by Crippen LogP contribution is -2.48. The normalized spacial score (nSPS) is 17.9. The quantitative estimate of drug-likeness (QED) is 0.802. The third-order valence-corrected chi connectivity index (χ3v) is 4.08. The number of fused-ring (bicyclic) bond motifs is 1. The number of rotatable bonds is 3. The largest absolute Gasteiger partial charge is 0.486 e. The Kier molecular flexibility index (Phi) is 7.67. The maximum absolute atomic E-state index is 12.3. The molecular weight excluding hydrogens is 393 g/mol. The van der Waals surface area contributed by atoms with E-state index in [0.29, 0.717) is 44.5 Å². The number of carbonyl (C=O) groups excluding carboxylic acids is 1. The average Bonchev–Trinajstić information content (AvgIpc) is 2.68. The van der Waals surface area contributed by atoms with Gasteiger partial charge < -0.3 is 24.8 Å². The van der Waals surface area contributed by atoms with E-state index in [-0.39, 0.29) is 36.8 Å². The van der Waals surface area contributed by atoms with Crippen LogP contribution >= 0.6 is 24.8 Å². The molecule has 2 aliphatic rings. The van der Waals surface area contributed by atoms with Crippen LogP contribution < -0.4 is 20.1 Å². The fraction of sp³-hybridized carbons (Fsp3) is 0.333. The monoisotopic (exact) mass is 413 g/mol. The van der Waals surface area contributed by atoms with Crippen LogP contribution in [0.25, 0.3) is 11.3 Å². The van der Waals surface area contributed by atoms with Crippen molar-refractivity contribution in [3.8, 4) is 22.8 Å². The van der Waals surface area contributed by atoms with Crippen molar-refractivity contribution in [3.05, 3.63) is 36.4 Å². The van der Waals surface area contributed by atoms with E-state index in [1.54, 1.807) is 6.07 Å². The van der Waals surface area contributed by atoms with Crippen molar-refractivity contribution in [3.63, 3.8) is 0 Å². The maximum Gasteiger partial charge on any atom is 0.245 e. The summed E-state index contributed by atoms with van der Waals surface area (Å²) in [6, 6.07) is 10.9. The molecule has 0 bridgehead atoms. The number of hydrogen-bond donors (Lipinski definition) is 2. The fourth-order valence-corrected chi connectivity index (χ4v) is 2.81. The van der Waals surface area contributed by atoms with Gasteiger partial charge in [-0.2, -0.15) is 0 Å². The zero-order valence-electron chi connectivity index (χ0n) is 14.5. The Morgan fingerprint density at radius 1 is 1.07 bits per heavy atom. The average molecular weight is 414 g/mol. The first-order valence-electron chi connectivity index (χ1n) is 8.29. The highest BCUT2D eigenvalue weighted by Gasteiger charge is 2.21. The lowest BCUT2D eigenvalue weighted by Gasteiger charge is -2.22. The molecule has 1 saturated heterocycles. The van der Waals surface area contributed by atoms with Gasteiger partial charge in [0.25, 0.3) is 0 Å². The van der Waals surface area contributed by atoms with Crippen molar-refractivity contribution in [1.29, 1.82) is 0 Å². The summed E-state index contributed by atoms with van der Waals surface area (Å²) in [6.45, 7) is 2.76. The van der Waals surface area contributed by atoms with Gasteiger partial charge in [-0.15, -0.1) is 24.8 Å². The lowest BCUT2D eigenvalue weighted by molar-refractivity contribution is -0.120. The van der Waals surface area contributed by atoms with Crippen LogP contribution in [0.4, 0.5) is 5.82 Å². The predicted octanol–water partition coefficient (Wildman–Crippen LogP) is 2.29. The standard InChI is InChI=1S/C18H19N3O4.2ClH/c22-18(14-11-23-7-6-19-14)21-17-3-1-2-13(20-17)12-4-5-15-16(10-12)25-9-8-24-15;;/h1-5,10,14,19H,6-9,11H2,(H,20,21,22);2*1H. The molecule has 0 saturated carbocycles. The van der Waals surface area contributed by atoms with Crippen LogP contribution in [0, 0.1) is 0 Å². The van der Waals surface area contributed by atoms with E-state index in [2.05, 4.69) is 15.6 Å². The van der Waals surface area contributed by atoms with E-state index in [4.69, 9.17) is 14.2 Å². The van der Waals surface area contributed by atoms with Crippen LogP contribution in [0.1, 0.15) is 0 Å². The van der Waals surface area contributed by atoms with Gasteiger partial charge in [0, 0.05) is 12.1 Å². The molecule has 2 aromatic rings. The van der Waals surface area contributed by atoms with Crippen molar-refractivity contribution in [2.45, 2.75) is 6.04 Å². The number of ether oxygens (including phenoxy) is 3. The number of amides is 1. The summed E-state index contributed by atoms with van der Waals surface area (Å²) < 4.78 is 16.5. The summed E-state index contributed by atoms with van der Waals surface area (Å²) in [7, 11) is 0. The number of pyridine rings is 1. The zero-order chi connectivity index (χ0) is 17.1. The van der Waals surface area contributed by atoms with E-state index in [1.165, 1.54) is 0 Å². The van der Waals surface area contributed by atoms with Gasteiger partial charge in [-0.3, -0.25) is 4.79 Å². The molecule has 0 aliphatic carbocycles. The van der Waals surface area contributed by atoms with Gasteiger partial charge in [-0.25, -0.2) is 4.98 Å². The summed E-state index contributed by atoms with van der Waals surface area (Å²) in [5.74, 6) is 1.81. The van der Waals surface area contributed by atoms with E-state index in [9.17, 15) is 4.79 Å². The highest BCUT2D eigenvalue weighted by Crippen LogP contribution is 2.34. The summed E-state index contributed by atoms with van der Waals surface area (Å²) in [5, 5.41) is 5.96. The van der Waals surface area contributed by atoms with Crippen LogP contribution in [0.3, 0.4) is 0 Å². The molecule has 2 N–H and O–H groups in total. The molecule has 1 aromatic heterocycles. The third kappa shape index (κ3) is 5.01. The van der Waals surface area contributed by atoms with Crippen molar-refractivity contribution >= 4 is 36.5 Å². The van der Waals surface area contributed by atoms with Gasteiger partial charge in [-0.05, 0) is 30.3 Å². The molecule has 0 spiro atoms. The Balaban J connectivity index is 0.00000131. The van der Waals surface area contributed by atoms with Crippen LogP contribution in [0.5, 0.6) is 11.5 Å². The molecule has 1 amide bonds. The highest BCUT2D eigenvalue weighted by atomic mass is 35.5. The Morgan fingerprint density at radius 3 is 2.67 bits per heavy atom. The van der Waals surface area contributed by atoms with Gasteiger partial charge >= 0.3 is 0 Å². The minimum atomic E-state index is -0.353. The van der Waals surface area contributed by atoms with Crippen molar-refractivity contribution in [2.24, 2.45) is 0 Å². The molecular formula is C18H21Cl2N3O4. The highest BCUT2D eigenvalue weighted by molar-refractivity contribution is 5.94. The first kappa shape index (κ1) is 21.2. The molecule has 1 fully saturated rings. The smallest absolute Gasteiger partial charge is 0.245 e. The number of nitrogens with one attached hydrogen (secondary N) is 2. The SMILES string of the molecule is Cl.Cl.O=C(Nc1cccc(-c2ccc3c(c2)OCCO3)n1)C1COCCN1. The second-order valence-electron chi connectivity index (χ2n) is 5.84. The summed E-state index contributed by atoms with van der Waals surface area (Å²) >= 11 is 0. The van der Waals surface area contributed by atoms with Crippen LogP contribution in [-0.2, 0) is 9.53 Å². The molecule has 1 unspecified atom stereocenters. The molecule has 3 heterocycles. The topological polar surface area (TPSA) is 81.7 Å². The Hall–Kier alpha value is -2.06. The van der Waals surface area contributed by atoms with Crippen molar-refractivity contribution in [2.75, 3.05) is 38.3 Å². The molecule has 146 valence electrons. The molecule has 2 aliphatic heterocycles. The molecule has 9 heteroatoms.